The maximum absolute atomic E-state index is 14.4. The molecule has 0 fully saturated rings. The predicted molar refractivity (Wildman–Crippen MR) is 88.5 cm³/mol. The summed E-state index contributed by atoms with van der Waals surface area (Å²) in [6, 6.07) is 9.28. The summed E-state index contributed by atoms with van der Waals surface area (Å²) in [5, 5.41) is 14.9. The highest BCUT2D eigenvalue weighted by atomic mass is 35.5. The number of halogens is 2. The molecule has 24 heavy (non-hydrogen) atoms. The fraction of sp³-hybridized carbons (Fsp3) is 0.211. The van der Waals surface area contributed by atoms with Gasteiger partial charge in [-0.3, -0.25) is 0 Å². The van der Waals surface area contributed by atoms with Crippen LogP contribution in [0.15, 0.2) is 48.6 Å². The summed E-state index contributed by atoms with van der Waals surface area (Å²) < 4.78 is 14.4. The quantitative estimate of drug-likeness (QED) is 0.847. The van der Waals surface area contributed by atoms with Crippen LogP contribution < -0.4 is 10.4 Å². The highest BCUT2D eigenvalue weighted by Gasteiger charge is 2.39. The van der Waals surface area contributed by atoms with Crippen molar-refractivity contribution in [2.24, 2.45) is 5.92 Å². The molecular weight excluding hydrogens is 329 g/mol. The van der Waals surface area contributed by atoms with Crippen molar-refractivity contribution in [1.29, 1.82) is 0 Å². The number of allylic oxidation sites excluding steroid dienone is 2. The minimum absolute atomic E-state index is 0.0289. The van der Waals surface area contributed by atoms with Gasteiger partial charge in [0, 0.05) is 22.2 Å². The van der Waals surface area contributed by atoms with Gasteiger partial charge >= 0.3 is 0 Å². The van der Waals surface area contributed by atoms with E-state index in [1.165, 1.54) is 12.1 Å². The monoisotopic (exact) mass is 342 g/mol. The Hall–Kier alpha value is -2.33. The van der Waals surface area contributed by atoms with Gasteiger partial charge in [-0.15, -0.1) is 0 Å². The van der Waals surface area contributed by atoms with E-state index in [-0.39, 0.29) is 29.3 Å². The van der Waals surface area contributed by atoms with Gasteiger partial charge in [0.1, 0.15) is 5.82 Å². The second-order valence-electron chi connectivity index (χ2n) is 6.20. The van der Waals surface area contributed by atoms with Gasteiger partial charge in [-0.25, -0.2) is 4.39 Å². The molecule has 0 bridgehead atoms. The summed E-state index contributed by atoms with van der Waals surface area (Å²) in [5.41, 5.74) is 2.32. The number of hydrogen-bond donors (Lipinski definition) is 1. The van der Waals surface area contributed by atoms with E-state index in [1.807, 2.05) is 0 Å². The fourth-order valence-electron chi connectivity index (χ4n) is 3.81. The molecule has 2 aliphatic rings. The predicted octanol–water partition coefficient (Wildman–Crippen LogP) is 3.67. The van der Waals surface area contributed by atoms with Crippen molar-refractivity contribution in [2.45, 2.75) is 18.4 Å². The van der Waals surface area contributed by atoms with Crippen molar-refractivity contribution < 1.29 is 14.3 Å². The zero-order valence-electron chi connectivity index (χ0n) is 12.6. The van der Waals surface area contributed by atoms with Crippen LogP contribution in [0.3, 0.4) is 0 Å². The van der Waals surface area contributed by atoms with Crippen LogP contribution in [0.5, 0.6) is 0 Å². The van der Waals surface area contributed by atoms with E-state index in [0.29, 0.717) is 10.6 Å². The molecule has 122 valence electrons. The molecule has 0 saturated carbocycles. The summed E-state index contributed by atoms with van der Waals surface area (Å²) in [5.74, 6) is -1.42. The third-order valence-electron chi connectivity index (χ3n) is 4.91. The first-order valence-electron chi connectivity index (χ1n) is 7.78. The minimum Gasteiger partial charge on any atom is -0.545 e. The first kappa shape index (κ1) is 15.2. The van der Waals surface area contributed by atoms with E-state index < -0.39 is 5.97 Å². The summed E-state index contributed by atoms with van der Waals surface area (Å²) in [7, 11) is 0. The molecule has 3 nitrogen and oxygen atoms in total. The van der Waals surface area contributed by atoms with Gasteiger partial charge in [0.2, 0.25) is 0 Å². The number of nitrogens with one attached hydrogen (secondary N) is 1. The van der Waals surface area contributed by atoms with Crippen LogP contribution in [0.1, 0.15) is 39.9 Å². The molecule has 1 aliphatic heterocycles. The number of carboxylic acid groups (broad SMARTS) is 1. The highest BCUT2D eigenvalue weighted by Crippen LogP contribution is 2.51. The molecule has 0 spiro atoms. The summed E-state index contributed by atoms with van der Waals surface area (Å²) in [6.07, 6.45) is 4.90. The zero-order valence-corrected chi connectivity index (χ0v) is 13.4. The average molecular weight is 343 g/mol. The van der Waals surface area contributed by atoms with Gasteiger partial charge in [-0.05, 0) is 47.7 Å². The minimum atomic E-state index is -1.20. The van der Waals surface area contributed by atoms with Crippen molar-refractivity contribution >= 4 is 23.3 Å². The molecule has 1 aliphatic carbocycles. The van der Waals surface area contributed by atoms with Gasteiger partial charge in [-0.1, -0.05) is 35.9 Å². The average Bonchev–Trinajstić information content (AvgIpc) is 3.04. The normalized spacial score (nSPS) is 24.2. The van der Waals surface area contributed by atoms with Crippen LogP contribution >= 0.6 is 11.6 Å². The molecule has 3 atom stereocenters. The number of anilines is 1. The van der Waals surface area contributed by atoms with E-state index in [4.69, 9.17) is 11.6 Å². The van der Waals surface area contributed by atoms with Gasteiger partial charge in [-0.2, -0.15) is 0 Å². The molecule has 4 rings (SSSR count). The number of hydrogen-bond acceptors (Lipinski definition) is 3. The lowest BCUT2D eigenvalue weighted by Crippen LogP contribution is -2.30. The second kappa shape index (κ2) is 5.64. The molecule has 0 radical (unpaired) electrons. The van der Waals surface area contributed by atoms with Crippen LogP contribution in [0.2, 0.25) is 5.02 Å². The van der Waals surface area contributed by atoms with E-state index in [1.54, 1.807) is 24.3 Å². The van der Waals surface area contributed by atoms with E-state index >= 15 is 0 Å². The molecule has 0 saturated heterocycles. The molecular formula is C19H14ClFNO2-. The maximum atomic E-state index is 14.4. The standard InChI is InChI=1S/C19H15ClFNO2/c20-14-5-2-6-15(21)17(14)18-12-4-1-3-11(12)13-9-10(19(23)24)7-8-16(13)22-18/h1-3,5-9,11-12,18,22H,4H2,(H,23,24)/p-1/t11-,12-,18+/m0/s1. The Bertz CT molecular complexity index is 844. The summed E-state index contributed by atoms with van der Waals surface area (Å²) in [6.45, 7) is 0. The third-order valence-corrected chi connectivity index (χ3v) is 5.24. The zero-order chi connectivity index (χ0) is 16.8. The molecule has 1 heterocycles. The van der Waals surface area contributed by atoms with E-state index in [0.717, 1.165) is 17.7 Å². The Kier molecular flexibility index (Phi) is 3.57. The smallest absolute Gasteiger partial charge is 0.129 e. The number of fused-ring (bicyclic) bond motifs is 3. The molecule has 1 N–H and O–H groups in total. The molecule has 0 aromatic heterocycles. The fourth-order valence-corrected chi connectivity index (χ4v) is 4.10. The van der Waals surface area contributed by atoms with Crippen LogP contribution in [0.25, 0.3) is 0 Å². The summed E-state index contributed by atoms with van der Waals surface area (Å²) in [4.78, 5) is 11.1. The molecule has 2 aromatic rings. The van der Waals surface area contributed by atoms with Crippen LogP contribution in [-0.4, -0.2) is 5.97 Å². The van der Waals surface area contributed by atoms with E-state index in [2.05, 4.69) is 17.5 Å². The molecule has 2 aromatic carbocycles. The topological polar surface area (TPSA) is 52.2 Å². The van der Waals surface area contributed by atoms with Gasteiger partial charge in [0.15, 0.2) is 0 Å². The number of rotatable bonds is 2. The van der Waals surface area contributed by atoms with Crippen LogP contribution in [0.4, 0.5) is 10.1 Å². The Morgan fingerprint density at radius 2 is 2.12 bits per heavy atom. The van der Waals surface area contributed by atoms with Gasteiger partial charge in [0.05, 0.1) is 12.0 Å². The van der Waals surface area contributed by atoms with E-state index in [9.17, 15) is 14.3 Å². The Morgan fingerprint density at radius 1 is 1.29 bits per heavy atom. The number of aromatic carboxylic acids is 1. The first-order chi connectivity index (χ1) is 11.6. The largest absolute Gasteiger partial charge is 0.545 e. The van der Waals surface area contributed by atoms with Crippen molar-refractivity contribution in [3.8, 4) is 0 Å². The second-order valence-corrected chi connectivity index (χ2v) is 6.61. The summed E-state index contributed by atoms with van der Waals surface area (Å²) >= 11 is 6.26. The lowest BCUT2D eigenvalue weighted by molar-refractivity contribution is -0.255. The number of carboxylic acids is 1. The lowest BCUT2D eigenvalue weighted by atomic mass is 9.76. The van der Waals surface area contributed by atoms with Gasteiger partial charge < -0.3 is 15.2 Å². The first-order valence-corrected chi connectivity index (χ1v) is 8.16. The lowest BCUT2D eigenvalue weighted by Gasteiger charge is -2.38. The van der Waals surface area contributed by atoms with Crippen molar-refractivity contribution in [1.82, 2.24) is 0 Å². The Balaban J connectivity index is 1.83. The molecule has 0 amide bonds. The third kappa shape index (κ3) is 2.29. The van der Waals surface area contributed by atoms with Crippen molar-refractivity contribution in [2.75, 3.05) is 5.32 Å². The van der Waals surface area contributed by atoms with Crippen LogP contribution in [0, 0.1) is 11.7 Å². The van der Waals surface area contributed by atoms with Crippen LogP contribution in [-0.2, 0) is 0 Å². The molecule has 5 heteroatoms. The Morgan fingerprint density at radius 3 is 2.88 bits per heavy atom. The number of benzene rings is 2. The molecule has 0 unspecified atom stereocenters. The van der Waals surface area contributed by atoms with Gasteiger partial charge in [0.25, 0.3) is 0 Å². The maximum Gasteiger partial charge on any atom is 0.129 e. The Labute approximate surface area is 143 Å². The highest BCUT2D eigenvalue weighted by molar-refractivity contribution is 6.31. The number of carbonyl (C=O) groups is 1. The number of carbonyl (C=O) groups excluding carboxylic acids is 1. The van der Waals surface area contributed by atoms with Crippen molar-refractivity contribution in [3.63, 3.8) is 0 Å². The SMILES string of the molecule is O=C([O-])c1ccc2c(c1)[C@H]1C=CC[C@@H]1[C@H](c1c(F)cccc1Cl)N2. The van der Waals surface area contributed by atoms with Crippen molar-refractivity contribution in [3.05, 3.63) is 76.1 Å².